The van der Waals surface area contributed by atoms with Crippen molar-refractivity contribution in [3.8, 4) is 0 Å². The highest BCUT2D eigenvalue weighted by Gasteiger charge is 2.21. The Morgan fingerprint density at radius 2 is 1.76 bits per heavy atom. The molecule has 0 atom stereocenters. The molecule has 2 amide bonds. The number of anilines is 2. The van der Waals surface area contributed by atoms with Crippen LogP contribution >= 0.6 is 0 Å². The van der Waals surface area contributed by atoms with Gasteiger partial charge in [-0.15, -0.1) is 0 Å². The Morgan fingerprint density at radius 1 is 1.12 bits per heavy atom. The van der Waals surface area contributed by atoms with E-state index >= 15 is 0 Å². The van der Waals surface area contributed by atoms with Gasteiger partial charge < -0.3 is 20.4 Å². The molecular weight excluding hydrogens is 316 g/mol. The van der Waals surface area contributed by atoms with Crippen LogP contribution in [-0.4, -0.2) is 56.5 Å². The molecule has 6 nitrogen and oxygen atoms in total. The quantitative estimate of drug-likeness (QED) is 0.873. The molecule has 0 aliphatic carbocycles. The number of carbonyl (C=O) groups is 2. The Bertz CT molecular complexity index is 629. The molecule has 2 rings (SSSR count). The van der Waals surface area contributed by atoms with Crippen molar-refractivity contribution in [2.75, 3.05) is 50.0 Å². The van der Waals surface area contributed by atoms with Crippen LogP contribution in [0, 0.1) is 12.3 Å². The van der Waals surface area contributed by atoms with Crippen molar-refractivity contribution < 1.29 is 9.59 Å². The summed E-state index contributed by atoms with van der Waals surface area (Å²) in [5, 5.41) is 5.51. The number of piperazine rings is 1. The van der Waals surface area contributed by atoms with E-state index in [1.807, 2.05) is 32.9 Å². The molecule has 1 saturated heterocycles. The SMILES string of the molecule is Cc1cc(NC(=O)CNC(=O)C(C)(C)C)ccc1N1CCN(C)CC1. The number of hydrogen-bond acceptors (Lipinski definition) is 4. The zero-order valence-corrected chi connectivity index (χ0v) is 16.0. The molecule has 0 saturated carbocycles. The van der Waals surface area contributed by atoms with E-state index in [0.29, 0.717) is 0 Å². The molecule has 1 aromatic rings. The van der Waals surface area contributed by atoms with Gasteiger partial charge in [0.2, 0.25) is 11.8 Å². The van der Waals surface area contributed by atoms with E-state index < -0.39 is 5.41 Å². The summed E-state index contributed by atoms with van der Waals surface area (Å²) in [7, 11) is 2.14. The third-order valence-electron chi connectivity index (χ3n) is 4.42. The molecule has 25 heavy (non-hydrogen) atoms. The van der Waals surface area contributed by atoms with Gasteiger partial charge >= 0.3 is 0 Å². The number of amides is 2. The number of likely N-dealkylation sites (N-methyl/N-ethyl adjacent to an activating group) is 1. The largest absolute Gasteiger partial charge is 0.369 e. The fourth-order valence-corrected chi connectivity index (χ4v) is 2.77. The number of nitrogens with one attached hydrogen (secondary N) is 2. The van der Waals surface area contributed by atoms with Crippen molar-refractivity contribution in [1.29, 1.82) is 0 Å². The lowest BCUT2D eigenvalue weighted by molar-refractivity contribution is -0.130. The van der Waals surface area contributed by atoms with E-state index in [4.69, 9.17) is 0 Å². The predicted molar refractivity (Wildman–Crippen MR) is 102 cm³/mol. The predicted octanol–water partition coefficient (Wildman–Crippen LogP) is 1.85. The Labute approximate surface area is 150 Å². The lowest BCUT2D eigenvalue weighted by atomic mass is 9.96. The Kier molecular flexibility index (Phi) is 6.06. The number of benzene rings is 1. The van der Waals surface area contributed by atoms with Crippen molar-refractivity contribution in [2.24, 2.45) is 5.41 Å². The summed E-state index contributed by atoms with van der Waals surface area (Å²) >= 11 is 0. The van der Waals surface area contributed by atoms with Gasteiger partial charge in [0.15, 0.2) is 0 Å². The average molecular weight is 346 g/mol. The second kappa shape index (κ2) is 7.87. The van der Waals surface area contributed by atoms with Gasteiger partial charge in [0.05, 0.1) is 6.54 Å². The summed E-state index contributed by atoms with van der Waals surface area (Å²) in [5.74, 6) is -0.353. The monoisotopic (exact) mass is 346 g/mol. The minimum atomic E-state index is -0.499. The molecule has 2 N–H and O–H groups in total. The lowest BCUT2D eigenvalue weighted by Crippen LogP contribution is -2.44. The number of hydrogen-bond donors (Lipinski definition) is 2. The van der Waals surface area contributed by atoms with Gasteiger partial charge in [0, 0.05) is 43.0 Å². The lowest BCUT2D eigenvalue weighted by Gasteiger charge is -2.35. The third kappa shape index (κ3) is 5.46. The van der Waals surface area contributed by atoms with Crippen LogP contribution in [0.2, 0.25) is 0 Å². The maximum Gasteiger partial charge on any atom is 0.243 e. The van der Waals surface area contributed by atoms with Crippen LogP contribution in [0.5, 0.6) is 0 Å². The zero-order chi connectivity index (χ0) is 18.6. The maximum absolute atomic E-state index is 12.0. The van der Waals surface area contributed by atoms with Crippen molar-refractivity contribution in [1.82, 2.24) is 10.2 Å². The van der Waals surface area contributed by atoms with E-state index in [9.17, 15) is 9.59 Å². The Hall–Kier alpha value is -2.08. The Morgan fingerprint density at radius 3 is 2.32 bits per heavy atom. The van der Waals surface area contributed by atoms with Crippen LogP contribution in [0.15, 0.2) is 18.2 Å². The third-order valence-corrected chi connectivity index (χ3v) is 4.42. The molecule has 138 valence electrons. The molecule has 0 spiro atoms. The van der Waals surface area contributed by atoms with Crippen molar-refractivity contribution in [3.05, 3.63) is 23.8 Å². The first-order valence-electron chi connectivity index (χ1n) is 8.79. The van der Waals surface area contributed by atoms with Crippen LogP contribution in [0.4, 0.5) is 11.4 Å². The van der Waals surface area contributed by atoms with Crippen LogP contribution in [0.1, 0.15) is 26.3 Å². The maximum atomic E-state index is 12.0. The molecule has 0 aromatic heterocycles. The average Bonchev–Trinajstić information content (AvgIpc) is 2.53. The molecule has 1 aliphatic heterocycles. The van der Waals surface area contributed by atoms with E-state index in [1.165, 1.54) is 5.69 Å². The van der Waals surface area contributed by atoms with Crippen LogP contribution in [-0.2, 0) is 9.59 Å². The standard InChI is InChI=1S/C19H30N4O2/c1-14-12-15(21-17(24)13-20-18(25)19(2,3)4)6-7-16(14)23-10-8-22(5)9-11-23/h6-7,12H,8-11,13H2,1-5H3,(H,20,25)(H,21,24). The second-order valence-electron chi connectivity index (χ2n) is 7.77. The van der Waals surface area contributed by atoms with E-state index in [0.717, 1.165) is 37.4 Å². The summed E-state index contributed by atoms with van der Waals surface area (Å²) in [4.78, 5) is 28.6. The zero-order valence-electron chi connectivity index (χ0n) is 16.0. The van der Waals surface area contributed by atoms with Gasteiger partial charge in [-0.1, -0.05) is 20.8 Å². The highest BCUT2D eigenvalue weighted by atomic mass is 16.2. The molecule has 0 unspecified atom stereocenters. The van der Waals surface area contributed by atoms with Gasteiger partial charge in [0.25, 0.3) is 0 Å². The topological polar surface area (TPSA) is 64.7 Å². The molecule has 1 heterocycles. The van der Waals surface area contributed by atoms with E-state index in [-0.39, 0.29) is 18.4 Å². The van der Waals surface area contributed by atoms with Crippen molar-refractivity contribution in [3.63, 3.8) is 0 Å². The fourth-order valence-electron chi connectivity index (χ4n) is 2.77. The molecule has 1 aliphatic rings. The molecule has 1 aromatic carbocycles. The molecule has 6 heteroatoms. The fraction of sp³-hybridized carbons (Fsp3) is 0.579. The van der Waals surface area contributed by atoms with E-state index in [1.54, 1.807) is 0 Å². The molecule has 0 radical (unpaired) electrons. The first-order valence-corrected chi connectivity index (χ1v) is 8.79. The van der Waals surface area contributed by atoms with Gasteiger partial charge in [-0.2, -0.15) is 0 Å². The summed E-state index contributed by atoms with van der Waals surface area (Å²) in [5.41, 5.74) is 2.61. The first-order chi connectivity index (χ1) is 11.7. The van der Waals surface area contributed by atoms with Crippen LogP contribution < -0.4 is 15.5 Å². The van der Waals surface area contributed by atoms with Gasteiger partial charge in [0.1, 0.15) is 0 Å². The molecule has 1 fully saturated rings. The number of carbonyl (C=O) groups excluding carboxylic acids is 2. The number of rotatable bonds is 4. The minimum Gasteiger partial charge on any atom is -0.369 e. The van der Waals surface area contributed by atoms with E-state index in [2.05, 4.69) is 40.5 Å². The number of aryl methyl sites for hydroxylation is 1. The van der Waals surface area contributed by atoms with Crippen molar-refractivity contribution >= 4 is 23.2 Å². The van der Waals surface area contributed by atoms with Gasteiger partial charge in [-0.25, -0.2) is 0 Å². The molecule has 0 bridgehead atoms. The van der Waals surface area contributed by atoms with Crippen LogP contribution in [0.25, 0.3) is 0 Å². The molecular formula is C19H30N4O2. The minimum absolute atomic E-state index is 0.0185. The highest BCUT2D eigenvalue weighted by molar-refractivity contribution is 5.95. The summed E-state index contributed by atoms with van der Waals surface area (Å²) in [6.45, 7) is 11.7. The smallest absolute Gasteiger partial charge is 0.243 e. The Balaban J connectivity index is 1.92. The van der Waals surface area contributed by atoms with Crippen LogP contribution in [0.3, 0.4) is 0 Å². The number of nitrogens with zero attached hydrogens (tertiary/aromatic N) is 2. The van der Waals surface area contributed by atoms with Crippen molar-refractivity contribution in [2.45, 2.75) is 27.7 Å². The first kappa shape index (κ1) is 19.2. The second-order valence-corrected chi connectivity index (χ2v) is 7.77. The van der Waals surface area contributed by atoms with Gasteiger partial charge in [-0.3, -0.25) is 9.59 Å². The summed E-state index contributed by atoms with van der Waals surface area (Å²) in [6.07, 6.45) is 0. The van der Waals surface area contributed by atoms with Gasteiger partial charge in [-0.05, 0) is 37.7 Å². The summed E-state index contributed by atoms with van der Waals surface area (Å²) < 4.78 is 0. The summed E-state index contributed by atoms with van der Waals surface area (Å²) in [6, 6.07) is 5.96. The highest BCUT2D eigenvalue weighted by Crippen LogP contribution is 2.24. The normalized spacial score (nSPS) is 15.8.